The first-order valence-corrected chi connectivity index (χ1v) is 9.13. The molecule has 1 aliphatic carbocycles. The highest BCUT2D eigenvalue weighted by Gasteiger charge is 2.42. The largest absolute Gasteiger partial charge is 0.350 e. The lowest BCUT2D eigenvalue weighted by Crippen LogP contribution is -2.30. The molecule has 0 radical (unpaired) electrons. The van der Waals surface area contributed by atoms with Crippen molar-refractivity contribution >= 4 is 16.9 Å². The van der Waals surface area contributed by atoms with Gasteiger partial charge >= 0.3 is 0 Å². The standard InChI is InChI=1S/C21H21N3O/c25-19-16-9-6-10-17-18(16)24(14-13-22-19)20(23-17)21(11-4-5-12-21)15-7-2-1-3-8-15/h1-3,6-10H,4-5,11-14H2,(H,22,25). The SMILES string of the molecule is O=C1NCCn2c(C3(c4ccccc4)CCCC3)nc3cccc1c32. The molecule has 0 spiro atoms. The number of rotatable bonds is 2. The predicted molar refractivity (Wildman–Crippen MR) is 97.8 cm³/mol. The summed E-state index contributed by atoms with van der Waals surface area (Å²) in [7, 11) is 0. The molecule has 5 rings (SSSR count). The van der Waals surface area contributed by atoms with Gasteiger partial charge in [0, 0.05) is 13.1 Å². The first-order valence-electron chi connectivity index (χ1n) is 9.13. The molecule has 0 unspecified atom stereocenters. The Morgan fingerprint density at radius 2 is 1.80 bits per heavy atom. The number of aromatic nitrogens is 2. The zero-order valence-electron chi connectivity index (χ0n) is 14.2. The Kier molecular flexibility index (Phi) is 3.20. The van der Waals surface area contributed by atoms with Crippen molar-refractivity contribution in [2.24, 2.45) is 0 Å². The second kappa shape index (κ2) is 5.45. The van der Waals surface area contributed by atoms with Crippen LogP contribution < -0.4 is 5.32 Å². The zero-order chi connectivity index (χ0) is 16.9. The van der Waals surface area contributed by atoms with Crippen LogP contribution in [0.3, 0.4) is 0 Å². The first-order chi connectivity index (χ1) is 12.3. The molecule has 4 heteroatoms. The Labute approximate surface area is 146 Å². The molecule has 1 saturated carbocycles. The Balaban J connectivity index is 1.81. The van der Waals surface area contributed by atoms with Gasteiger partial charge in [-0.15, -0.1) is 0 Å². The summed E-state index contributed by atoms with van der Waals surface area (Å²) < 4.78 is 2.31. The third-order valence-corrected chi connectivity index (χ3v) is 5.84. The van der Waals surface area contributed by atoms with E-state index < -0.39 is 0 Å². The Hall–Kier alpha value is -2.62. The van der Waals surface area contributed by atoms with Crippen molar-refractivity contribution < 1.29 is 4.79 Å². The highest BCUT2D eigenvalue weighted by molar-refractivity contribution is 6.05. The average Bonchev–Trinajstić information content (AvgIpc) is 3.24. The van der Waals surface area contributed by atoms with Crippen LogP contribution in [0.1, 0.15) is 47.4 Å². The van der Waals surface area contributed by atoms with Crippen molar-refractivity contribution in [2.75, 3.05) is 6.54 Å². The van der Waals surface area contributed by atoms with Crippen LogP contribution in [0.4, 0.5) is 0 Å². The van der Waals surface area contributed by atoms with Crippen LogP contribution in [0, 0.1) is 0 Å². The van der Waals surface area contributed by atoms with E-state index in [0.29, 0.717) is 6.54 Å². The van der Waals surface area contributed by atoms with Gasteiger partial charge < -0.3 is 9.88 Å². The smallest absolute Gasteiger partial charge is 0.253 e. The first kappa shape index (κ1) is 14.7. The van der Waals surface area contributed by atoms with Crippen LogP contribution in [0.25, 0.3) is 11.0 Å². The van der Waals surface area contributed by atoms with E-state index in [1.165, 1.54) is 18.4 Å². The highest BCUT2D eigenvalue weighted by atomic mass is 16.1. The summed E-state index contributed by atoms with van der Waals surface area (Å²) in [5.74, 6) is 1.14. The maximum Gasteiger partial charge on any atom is 0.253 e. The number of carbonyl (C=O) groups excluding carboxylic acids is 1. The number of benzene rings is 2. The lowest BCUT2D eigenvalue weighted by atomic mass is 9.78. The molecule has 4 nitrogen and oxygen atoms in total. The maximum atomic E-state index is 12.4. The van der Waals surface area contributed by atoms with Crippen molar-refractivity contribution in [3.8, 4) is 0 Å². The second-order valence-corrected chi connectivity index (χ2v) is 7.17. The van der Waals surface area contributed by atoms with Gasteiger partial charge in [-0.3, -0.25) is 4.79 Å². The van der Waals surface area contributed by atoms with Crippen molar-refractivity contribution in [1.29, 1.82) is 0 Å². The minimum Gasteiger partial charge on any atom is -0.350 e. The molecule has 3 aromatic rings. The van der Waals surface area contributed by atoms with Gasteiger partial charge in [0.1, 0.15) is 5.82 Å². The van der Waals surface area contributed by atoms with E-state index in [4.69, 9.17) is 4.98 Å². The summed E-state index contributed by atoms with van der Waals surface area (Å²) in [5.41, 5.74) is 3.99. The van der Waals surface area contributed by atoms with Crippen molar-refractivity contribution in [3.63, 3.8) is 0 Å². The quantitative estimate of drug-likeness (QED) is 0.779. The molecule has 1 aliphatic heterocycles. The van der Waals surface area contributed by atoms with Gasteiger partial charge in [0.2, 0.25) is 0 Å². The fraction of sp³-hybridized carbons (Fsp3) is 0.333. The monoisotopic (exact) mass is 331 g/mol. The summed E-state index contributed by atoms with van der Waals surface area (Å²) in [5, 5.41) is 3.02. The second-order valence-electron chi connectivity index (χ2n) is 7.17. The van der Waals surface area contributed by atoms with Crippen molar-refractivity contribution in [3.05, 3.63) is 65.5 Å². The fourth-order valence-electron chi connectivity index (χ4n) is 4.71. The van der Waals surface area contributed by atoms with E-state index >= 15 is 0 Å². The molecular formula is C21H21N3O. The Morgan fingerprint density at radius 1 is 1.00 bits per heavy atom. The molecular weight excluding hydrogens is 310 g/mol. The van der Waals surface area contributed by atoms with E-state index in [2.05, 4.69) is 40.2 Å². The topological polar surface area (TPSA) is 46.9 Å². The van der Waals surface area contributed by atoms with E-state index in [-0.39, 0.29) is 11.3 Å². The number of imidazole rings is 1. The van der Waals surface area contributed by atoms with E-state index in [1.54, 1.807) is 0 Å². The minimum absolute atomic E-state index is 0.0102. The number of para-hydroxylation sites is 1. The van der Waals surface area contributed by atoms with Gasteiger partial charge in [0.05, 0.1) is 22.0 Å². The maximum absolute atomic E-state index is 12.4. The molecule has 2 aliphatic rings. The zero-order valence-corrected chi connectivity index (χ0v) is 14.2. The summed E-state index contributed by atoms with van der Waals surface area (Å²) in [6.07, 6.45) is 4.69. The van der Waals surface area contributed by atoms with Crippen LogP contribution in [-0.4, -0.2) is 22.0 Å². The molecule has 2 heterocycles. The molecule has 0 atom stereocenters. The molecule has 25 heavy (non-hydrogen) atoms. The molecule has 1 fully saturated rings. The Morgan fingerprint density at radius 3 is 2.60 bits per heavy atom. The van der Waals surface area contributed by atoms with E-state index in [9.17, 15) is 4.79 Å². The summed E-state index contributed by atoms with van der Waals surface area (Å²) in [6.45, 7) is 1.43. The lowest BCUT2D eigenvalue weighted by molar-refractivity contribution is 0.0956. The summed E-state index contributed by atoms with van der Waals surface area (Å²) in [4.78, 5) is 17.5. The van der Waals surface area contributed by atoms with E-state index in [1.807, 2.05) is 18.2 Å². The fourth-order valence-corrected chi connectivity index (χ4v) is 4.71. The third-order valence-electron chi connectivity index (χ3n) is 5.84. The molecule has 1 N–H and O–H groups in total. The van der Waals surface area contributed by atoms with Crippen molar-refractivity contribution in [1.82, 2.24) is 14.9 Å². The van der Waals surface area contributed by atoms with Gasteiger partial charge in [0.15, 0.2) is 0 Å². The molecule has 1 amide bonds. The number of hydrogen-bond donors (Lipinski definition) is 1. The van der Waals surface area contributed by atoms with Crippen LogP contribution >= 0.6 is 0 Å². The highest BCUT2D eigenvalue weighted by Crippen LogP contribution is 2.47. The Bertz CT molecular complexity index is 952. The molecule has 2 aromatic carbocycles. The van der Waals surface area contributed by atoms with Crippen LogP contribution in [-0.2, 0) is 12.0 Å². The molecule has 0 saturated heterocycles. The van der Waals surface area contributed by atoms with Gasteiger partial charge in [-0.25, -0.2) is 4.98 Å². The average molecular weight is 331 g/mol. The molecule has 1 aromatic heterocycles. The molecule has 126 valence electrons. The van der Waals surface area contributed by atoms with Gasteiger partial charge in [-0.1, -0.05) is 49.2 Å². The minimum atomic E-state index is -0.0368. The predicted octanol–water partition coefficient (Wildman–Crippen LogP) is 3.64. The van der Waals surface area contributed by atoms with Crippen LogP contribution in [0.2, 0.25) is 0 Å². The third kappa shape index (κ3) is 2.06. The van der Waals surface area contributed by atoms with Crippen molar-refractivity contribution in [2.45, 2.75) is 37.6 Å². The number of carbonyl (C=O) groups is 1. The number of nitrogens with one attached hydrogen (secondary N) is 1. The molecule has 0 bridgehead atoms. The number of nitrogens with zero attached hydrogens (tertiary/aromatic N) is 2. The summed E-state index contributed by atoms with van der Waals surface area (Å²) in [6, 6.07) is 16.7. The van der Waals surface area contributed by atoms with Crippen LogP contribution in [0.15, 0.2) is 48.5 Å². The van der Waals surface area contributed by atoms with Gasteiger partial charge in [0.25, 0.3) is 5.91 Å². The number of amides is 1. The van der Waals surface area contributed by atoms with Gasteiger partial charge in [-0.05, 0) is 30.5 Å². The van der Waals surface area contributed by atoms with E-state index in [0.717, 1.165) is 41.8 Å². The number of hydrogen-bond acceptors (Lipinski definition) is 2. The van der Waals surface area contributed by atoms with Gasteiger partial charge in [-0.2, -0.15) is 0 Å². The van der Waals surface area contributed by atoms with Crippen LogP contribution in [0.5, 0.6) is 0 Å². The normalized spacial score (nSPS) is 19.0. The summed E-state index contributed by atoms with van der Waals surface area (Å²) >= 11 is 0. The lowest BCUT2D eigenvalue weighted by Gasteiger charge is -2.30.